The molecule has 1 unspecified atom stereocenters. The molecule has 4 nitrogen and oxygen atoms in total. The maximum Gasteiger partial charge on any atom is 0.168 e. The van der Waals surface area contributed by atoms with Crippen LogP contribution in [-0.4, -0.2) is 21.8 Å². The summed E-state index contributed by atoms with van der Waals surface area (Å²) < 4.78 is 43.3. The monoisotopic (exact) mass is 342 g/mol. The third-order valence-electron chi connectivity index (χ3n) is 4.24. The van der Waals surface area contributed by atoms with E-state index >= 15 is 0 Å². The maximum absolute atomic E-state index is 14.3. The van der Waals surface area contributed by atoms with Crippen LogP contribution < -0.4 is 4.90 Å². The molecule has 3 heterocycles. The lowest BCUT2D eigenvalue weighted by atomic mass is 9.97. The molecule has 0 amide bonds. The van der Waals surface area contributed by atoms with Gasteiger partial charge in [-0.15, -0.1) is 0 Å². The molecule has 4 rings (SSSR count). The van der Waals surface area contributed by atoms with Gasteiger partial charge in [-0.3, -0.25) is 4.98 Å². The van der Waals surface area contributed by atoms with Gasteiger partial charge >= 0.3 is 0 Å². The summed E-state index contributed by atoms with van der Waals surface area (Å²) in [5.74, 6) is -2.37. The SMILES string of the molecule is CN1c2ccnn2C=CC1c1cccnc1-c1cc(F)cc(F)c1F. The molecule has 3 aromatic rings. The Bertz CT molecular complexity index is 980. The predicted octanol–water partition coefficient (Wildman–Crippen LogP) is 4.02. The predicted molar refractivity (Wildman–Crippen MR) is 88.2 cm³/mol. The van der Waals surface area contributed by atoms with Crippen LogP contribution in [0.3, 0.4) is 0 Å². The highest BCUT2D eigenvalue weighted by Crippen LogP contribution is 2.36. The number of aromatic nitrogens is 3. The average molecular weight is 342 g/mol. The molecule has 7 heteroatoms. The molecule has 1 atom stereocenters. The van der Waals surface area contributed by atoms with Crippen molar-refractivity contribution in [3.05, 3.63) is 71.8 Å². The van der Waals surface area contributed by atoms with Gasteiger partial charge in [0.25, 0.3) is 0 Å². The first-order valence-electron chi connectivity index (χ1n) is 7.61. The molecule has 0 radical (unpaired) electrons. The van der Waals surface area contributed by atoms with Gasteiger partial charge in [0, 0.05) is 42.7 Å². The fourth-order valence-electron chi connectivity index (χ4n) is 3.06. The van der Waals surface area contributed by atoms with Crippen LogP contribution in [0.1, 0.15) is 11.6 Å². The first kappa shape index (κ1) is 15.4. The van der Waals surface area contributed by atoms with Crippen molar-refractivity contribution in [3.63, 3.8) is 0 Å². The third-order valence-corrected chi connectivity index (χ3v) is 4.24. The molecule has 0 spiro atoms. The second-order valence-electron chi connectivity index (χ2n) is 5.72. The number of pyridine rings is 1. The van der Waals surface area contributed by atoms with Crippen molar-refractivity contribution in [1.29, 1.82) is 0 Å². The highest BCUT2D eigenvalue weighted by atomic mass is 19.2. The topological polar surface area (TPSA) is 34.0 Å². The number of rotatable bonds is 2. The zero-order valence-corrected chi connectivity index (χ0v) is 13.2. The summed E-state index contributed by atoms with van der Waals surface area (Å²) in [5, 5.41) is 4.17. The van der Waals surface area contributed by atoms with E-state index in [1.54, 1.807) is 29.2 Å². The summed E-state index contributed by atoms with van der Waals surface area (Å²) in [6, 6.07) is 6.52. The van der Waals surface area contributed by atoms with Gasteiger partial charge in [0.2, 0.25) is 0 Å². The van der Waals surface area contributed by atoms with E-state index in [-0.39, 0.29) is 17.3 Å². The van der Waals surface area contributed by atoms with E-state index in [1.807, 2.05) is 24.1 Å². The molecule has 0 fully saturated rings. The molecule has 0 bridgehead atoms. The summed E-state index contributed by atoms with van der Waals surface area (Å²) in [6.07, 6.45) is 6.80. The zero-order valence-electron chi connectivity index (χ0n) is 13.2. The minimum Gasteiger partial charge on any atom is -0.349 e. The van der Waals surface area contributed by atoms with E-state index in [0.29, 0.717) is 11.6 Å². The molecule has 0 saturated heterocycles. The molecule has 0 aliphatic carbocycles. The van der Waals surface area contributed by atoms with Crippen molar-refractivity contribution in [2.75, 3.05) is 11.9 Å². The van der Waals surface area contributed by atoms with Crippen molar-refractivity contribution >= 4 is 12.0 Å². The van der Waals surface area contributed by atoms with Gasteiger partial charge < -0.3 is 4.90 Å². The van der Waals surface area contributed by atoms with Crippen LogP contribution in [0.4, 0.5) is 19.0 Å². The van der Waals surface area contributed by atoms with E-state index in [4.69, 9.17) is 0 Å². The van der Waals surface area contributed by atoms with Crippen LogP contribution in [0.15, 0.2) is 48.8 Å². The van der Waals surface area contributed by atoms with Crippen LogP contribution in [-0.2, 0) is 0 Å². The lowest BCUT2D eigenvalue weighted by Gasteiger charge is -2.31. The molecule has 2 aromatic heterocycles. The van der Waals surface area contributed by atoms with E-state index in [2.05, 4.69) is 10.1 Å². The van der Waals surface area contributed by atoms with E-state index < -0.39 is 17.5 Å². The molecular weight excluding hydrogens is 329 g/mol. The summed E-state index contributed by atoms with van der Waals surface area (Å²) in [7, 11) is 1.86. The van der Waals surface area contributed by atoms with Crippen molar-refractivity contribution in [3.8, 4) is 11.3 Å². The molecule has 1 aromatic carbocycles. The number of hydrogen-bond acceptors (Lipinski definition) is 3. The van der Waals surface area contributed by atoms with Gasteiger partial charge in [-0.2, -0.15) is 5.10 Å². The zero-order chi connectivity index (χ0) is 17.6. The van der Waals surface area contributed by atoms with Gasteiger partial charge in [0.15, 0.2) is 11.6 Å². The lowest BCUT2D eigenvalue weighted by Crippen LogP contribution is -2.28. The Hall–Kier alpha value is -3.09. The Kier molecular flexibility index (Phi) is 3.56. The standard InChI is InChI=1S/C18H13F3N4/c1-24-15(5-8-25-16(24)4-7-23-25)12-3-2-6-22-18(12)13-9-11(19)10-14(20)17(13)21/h2-10,15H,1H3. The van der Waals surface area contributed by atoms with Gasteiger partial charge in [0.1, 0.15) is 11.6 Å². The fourth-order valence-corrected chi connectivity index (χ4v) is 3.06. The highest BCUT2D eigenvalue weighted by molar-refractivity contribution is 5.67. The maximum atomic E-state index is 14.3. The smallest absolute Gasteiger partial charge is 0.168 e. The lowest BCUT2D eigenvalue weighted by molar-refractivity contribution is 0.497. The number of nitrogens with zero attached hydrogens (tertiary/aromatic N) is 4. The summed E-state index contributed by atoms with van der Waals surface area (Å²) >= 11 is 0. The summed E-state index contributed by atoms with van der Waals surface area (Å²) in [5.41, 5.74) is 0.638. The van der Waals surface area contributed by atoms with Crippen molar-refractivity contribution < 1.29 is 13.2 Å². The number of fused-ring (bicyclic) bond motifs is 1. The normalized spacial score (nSPS) is 16.2. The van der Waals surface area contributed by atoms with Gasteiger partial charge in [-0.05, 0) is 18.2 Å². The second-order valence-corrected chi connectivity index (χ2v) is 5.72. The number of anilines is 1. The summed E-state index contributed by atoms with van der Waals surface area (Å²) in [6.45, 7) is 0. The molecule has 1 aliphatic rings. The van der Waals surface area contributed by atoms with E-state index in [9.17, 15) is 13.2 Å². The molecule has 25 heavy (non-hydrogen) atoms. The van der Waals surface area contributed by atoms with Crippen LogP contribution in [0, 0.1) is 17.5 Å². The third kappa shape index (κ3) is 2.48. The minimum atomic E-state index is -1.24. The van der Waals surface area contributed by atoms with Gasteiger partial charge in [-0.1, -0.05) is 6.07 Å². The molecular formula is C18H13F3N4. The highest BCUT2D eigenvalue weighted by Gasteiger charge is 2.26. The number of halogens is 3. The Balaban J connectivity index is 1.87. The Labute approximate surface area is 141 Å². The Morgan fingerprint density at radius 1 is 1.08 bits per heavy atom. The molecule has 0 N–H and O–H groups in total. The van der Waals surface area contributed by atoms with Crippen LogP contribution >= 0.6 is 0 Å². The first-order valence-corrected chi connectivity index (χ1v) is 7.61. The molecule has 1 aliphatic heterocycles. The average Bonchev–Trinajstić information content (AvgIpc) is 3.08. The van der Waals surface area contributed by atoms with Crippen molar-refractivity contribution in [1.82, 2.24) is 14.8 Å². The quantitative estimate of drug-likeness (QED) is 0.660. The van der Waals surface area contributed by atoms with Crippen LogP contribution in [0.25, 0.3) is 17.5 Å². The number of likely N-dealkylation sites (N-methyl/N-ethyl adjacent to an activating group) is 1. The van der Waals surface area contributed by atoms with Gasteiger partial charge in [-0.25, -0.2) is 17.9 Å². The van der Waals surface area contributed by atoms with Gasteiger partial charge in [0.05, 0.1) is 17.9 Å². The molecule has 126 valence electrons. The molecule has 0 saturated carbocycles. The van der Waals surface area contributed by atoms with Crippen molar-refractivity contribution in [2.45, 2.75) is 6.04 Å². The second kappa shape index (κ2) is 5.77. The number of benzene rings is 1. The van der Waals surface area contributed by atoms with E-state index in [1.165, 1.54) is 6.20 Å². The Morgan fingerprint density at radius 3 is 2.76 bits per heavy atom. The van der Waals surface area contributed by atoms with Crippen LogP contribution in [0.2, 0.25) is 0 Å². The summed E-state index contributed by atoms with van der Waals surface area (Å²) in [4.78, 5) is 6.12. The number of hydrogen-bond donors (Lipinski definition) is 0. The minimum absolute atomic E-state index is 0.200. The largest absolute Gasteiger partial charge is 0.349 e. The fraction of sp³-hybridized carbons (Fsp3) is 0.111. The van der Waals surface area contributed by atoms with Crippen molar-refractivity contribution in [2.24, 2.45) is 0 Å². The first-order chi connectivity index (χ1) is 12.1. The Morgan fingerprint density at radius 2 is 1.92 bits per heavy atom. The van der Waals surface area contributed by atoms with E-state index in [0.717, 1.165) is 11.9 Å². The van der Waals surface area contributed by atoms with Crippen LogP contribution in [0.5, 0.6) is 0 Å².